The molecule has 0 radical (unpaired) electrons. The lowest BCUT2D eigenvalue weighted by atomic mass is 9.99. The Balaban J connectivity index is 1.30. The molecule has 3 aliphatic rings. The first-order chi connectivity index (χ1) is 15.8. The van der Waals surface area contributed by atoms with Crippen LogP contribution >= 0.6 is 0 Å². The normalized spacial score (nSPS) is 23.3. The van der Waals surface area contributed by atoms with Crippen molar-refractivity contribution in [2.75, 3.05) is 20.2 Å². The number of hydrogen-bond acceptors (Lipinski definition) is 5. The van der Waals surface area contributed by atoms with Crippen LogP contribution in [0.25, 0.3) is 28.0 Å². The minimum absolute atomic E-state index is 0.264. The Morgan fingerprint density at radius 1 is 1.16 bits per heavy atom. The smallest absolute Gasteiger partial charge is 0.147 e. The van der Waals surface area contributed by atoms with Gasteiger partial charge in [-0.15, -0.1) is 0 Å². The third-order valence-electron chi connectivity index (χ3n) is 7.71. The number of fused-ring (bicyclic) bond motifs is 3. The molecule has 1 saturated carbocycles. The van der Waals surface area contributed by atoms with Gasteiger partial charge in [0, 0.05) is 29.3 Å². The molecular weight excluding hydrogens is 398 g/mol. The fourth-order valence-corrected chi connectivity index (χ4v) is 5.88. The second kappa shape index (κ2) is 6.62. The molecule has 0 amide bonds. The van der Waals surface area contributed by atoms with Crippen molar-refractivity contribution >= 4 is 11.0 Å². The molecule has 3 aromatic heterocycles. The van der Waals surface area contributed by atoms with Crippen molar-refractivity contribution in [1.82, 2.24) is 25.1 Å². The number of piperidine rings is 1. The van der Waals surface area contributed by atoms with Gasteiger partial charge >= 0.3 is 0 Å². The van der Waals surface area contributed by atoms with Crippen LogP contribution < -0.4 is 10.1 Å². The summed E-state index contributed by atoms with van der Waals surface area (Å²) in [5.41, 5.74) is 9.12. The zero-order chi connectivity index (χ0) is 21.3. The van der Waals surface area contributed by atoms with Gasteiger partial charge in [-0.1, -0.05) is 18.2 Å². The Morgan fingerprint density at radius 2 is 2.12 bits per heavy atom. The van der Waals surface area contributed by atoms with Gasteiger partial charge < -0.3 is 10.1 Å². The molecule has 4 aromatic rings. The Kier molecular flexibility index (Phi) is 3.80. The maximum absolute atomic E-state index is 5.81. The van der Waals surface area contributed by atoms with Gasteiger partial charge in [0.05, 0.1) is 30.7 Å². The zero-order valence-electron chi connectivity index (χ0n) is 18.1. The fourth-order valence-electron chi connectivity index (χ4n) is 5.88. The van der Waals surface area contributed by atoms with Crippen LogP contribution in [0.1, 0.15) is 29.7 Å². The van der Waals surface area contributed by atoms with E-state index in [0.717, 1.165) is 60.0 Å². The number of benzene rings is 1. The van der Waals surface area contributed by atoms with Crippen molar-refractivity contribution < 1.29 is 4.74 Å². The SMILES string of the molecule is COc1cc2c(cnn2-c2ccc(C34CNCC3C4)nc2)nc1-c1cccc2c1CCC2. The summed E-state index contributed by atoms with van der Waals surface area (Å²) in [5, 5.41) is 8.14. The van der Waals surface area contributed by atoms with Gasteiger partial charge in [-0.3, -0.25) is 4.98 Å². The summed E-state index contributed by atoms with van der Waals surface area (Å²) in [6, 6.07) is 12.9. The Labute approximate surface area is 186 Å². The van der Waals surface area contributed by atoms with E-state index < -0.39 is 0 Å². The Bertz CT molecular complexity index is 1360. The molecule has 4 heterocycles. The predicted molar refractivity (Wildman–Crippen MR) is 123 cm³/mol. The average Bonchev–Trinajstić information content (AvgIpc) is 3.24. The molecule has 0 spiro atoms. The quantitative estimate of drug-likeness (QED) is 0.540. The van der Waals surface area contributed by atoms with Crippen molar-refractivity contribution in [3.05, 3.63) is 65.6 Å². The molecule has 1 saturated heterocycles. The highest BCUT2D eigenvalue weighted by atomic mass is 16.5. The number of hydrogen-bond donors (Lipinski definition) is 1. The van der Waals surface area contributed by atoms with Crippen LogP contribution in [0.5, 0.6) is 5.75 Å². The van der Waals surface area contributed by atoms with Crippen LogP contribution in [0.2, 0.25) is 0 Å². The largest absolute Gasteiger partial charge is 0.494 e. The second-order valence-corrected chi connectivity index (χ2v) is 9.39. The molecule has 32 heavy (non-hydrogen) atoms. The van der Waals surface area contributed by atoms with Crippen LogP contribution in [-0.2, 0) is 18.3 Å². The third kappa shape index (κ3) is 2.53. The standard InChI is InChI=1S/C26H25N5O/c1-32-23-10-22-21(30-25(23)20-7-3-5-16-4-2-6-19(16)20)14-29-31(22)18-8-9-24(28-13-18)26-11-17(26)12-27-15-26/h3,5,7-10,13-14,17,27H,2,4,6,11-12,15H2,1H3. The average molecular weight is 424 g/mol. The van der Waals surface area contributed by atoms with E-state index in [9.17, 15) is 0 Å². The minimum atomic E-state index is 0.264. The summed E-state index contributed by atoms with van der Waals surface area (Å²) in [5.74, 6) is 1.53. The first-order valence-electron chi connectivity index (χ1n) is 11.5. The van der Waals surface area contributed by atoms with Crippen LogP contribution in [-0.4, -0.2) is 39.9 Å². The highest BCUT2D eigenvalue weighted by molar-refractivity contribution is 5.84. The minimum Gasteiger partial charge on any atom is -0.494 e. The van der Waals surface area contributed by atoms with Gasteiger partial charge in [0.25, 0.3) is 0 Å². The van der Waals surface area contributed by atoms with E-state index >= 15 is 0 Å². The zero-order valence-corrected chi connectivity index (χ0v) is 18.1. The van der Waals surface area contributed by atoms with Crippen molar-refractivity contribution in [3.8, 4) is 22.7 Å². The van der Waals surface area contributed by atoms with Crippen LogP contribution in [0.3, 0.4) is 0 Å². The lowest BCUT2D eigenvalue weighted by Gasteiger charge is -2.13. The maximum Gasteiger partial charge on any atom is 0.147 e. The van der Waals surface area contributed by atoms with Crippen LogP contribution in [0.15, 0.2) is 48.8 Å². The Hall–Kier alpha value is -3.25. The van der Waals surface area contributed by atoms with E-state index in [1.165, 1.54) is 35.2 Å². The third-order valence-corrected chi connectivity index (χ3v) is 7.71. The number of pyridine rings is 2. The number of aryl methyl sites for hydroxylation is 1. The molecule has 6 nitrogen and oxygen atoms in total. The number of methoxy groups -OCH3 is 1. The van der Waals surface area contributed by atoms with E-state index in [2.05, 4.69) is 46.8 Å². The summed E-state index contributed by atoms with van der Waals surface area (Å²) in [4.78, 5) is 9.83. The van der Waals surface area contributed by atoms with E-state index in [4.69, 9.17) is 14.7 Å². The maximum atomic E-state index is 5.81. The molecule has 2 aliphatic carbocycles. The first kappa shape index (κ1) is 18.3. The molecule has 2 atom stereocenters. The van der Waals surface area contributed by atoms with Crippen molar-refractivity contribution in [2.45, 2.75) is 31.1 Å². The van der Waals surface area contributed by atoms with E-state index in [1.807, 2.05) is 17.1 Å². The van der Waals surface area contributed by atoms with Gasteiger partial charge in [-0.05, 0) is 61.4 Å². The molecule has 2 fully saturated rings. The lowest BCUT2D eigenvalue weighted by Crippen LogP contribution is -2.20. The molecule has 1 aromatic carbocycles. The van der Waals surface area contributed by atoms with Crippen molar-refractivity contribution in [1.29, 1.82) is 0 Å². The van der Waals surface area contributed by atoms with Crippen molar-refractivity contribution in [3.63, 3.8) is 0 Å². The van der Waals surface area contributed by atoms with E-state index in [-0.39, 0.29) is 5.41 Å². The van der Waals surface area contributed by atoms with Gasteiger partial charge in [0.2, 0.25) is 0 Å². The number of nitrogens with one attached hydrogen (secondary N) is 1. The summed E-state index contributed by atoms with van der Waals surface area (Å²) < 4.78 is 7.72. The van der Waals surface area contributed by atoms with Crippen LogP contribution in [0.4, 0.5) is 0 Å². The topological polar surface area (TPSA) is 64.9 Å². The fraction of sp³-hybridized carbons (Fsp3) is 0.346. The van der Waals surface area contributed by atoms with Crippen molar-refractivity contribution in [2.24, 2.45) is 5.92 Å². The van der Waals surface area contributed by atoms with Gasteiger partial charge in [0.15, 0.2) is 0 Å². The first-order valence-corrected chi connectivity index (χ1v) is 11.5. The molecule has 7 rings (SSSR count). The lowest BCUT2D eigenvalue weighted by molar-refractivity contribution is 0.415. The highest BCUT2D eigenvalue weighted by Crippen LogP contribution is 2.55. The summed E-state index contributed by atoms with van der Waals surface area (Å²) in [6.07, 6.45) is 8.48. The summed E-state index contributed by atoms with van der Waals surface area (Å²) in [6.45, 7) is 2.16. The van der Waals surface area contributed by atoms with Gasteiger partial charge in [-0.2, -0.15) is 5.10 Å². The van der Waals surface area contributed by atoms with Gasteiger partial charge in [0.1, 0.15) is 17.0 Å². The van der Waals surface area contributed by atoms with E-state index in [1.54, 1.807) is 7.11 Å². The molecule has 0 bridgehead atoms. The number of aromatic nitrogens is 4. The Morgan fingerprint density at radius 3 is 2.91 bits per heavy atom. The number of ether oxygens (including phenoxy) is 1. The second-order valence-electron chi connectivity index (χ2n) is 9.39. The van der Waals surface area contributed by atoms with E-state index in [0.29, 0.717) is 0 Å². The number of nitrogens with zero attached hydrogens (tertiary/aromatic N) is 4. The highest BCUT2D eigenvalue weighted by Gasteiger charge is 2.59. The summed E-state index contributed by atoms with van der Waals surface area (Å²) in [7, 11) is 1.72. The molecule has 1 aliphatic heterocycles. The number of rotatable bonds is 4. The molecule has 2 unspecified atom stereocenters. The van der Waals surface area contributed by atoms with Gasteiger partial charge in [-0.25, -0.2) is 9.67 Å². The summed E-state index contributed by atoms with van der Waals surface area (Å²) >= 11 is 0. The molecular formula is C26H25N5O. The molecule has 160 valence electrons. The molecule has 6 heteroatoms. The molecule has 1 N–H and O–H groups in total. The monoisotopic (exact) mass is 423 g/mol. The van der Waals surface area contributed by atoms with Crippen LogP contribution in [0, 0.1) is 5.92 Å². The predicted octanol–water partition coefficient (Wildman–Crippen LogP) is 3.84.